The first-order chi connectivity index (χ1) is 7.74. The lowest BCUT2D eigenvalue weighted by Gasteiger charge is -2.20. The van der Waals surface area contributed by atoms with E-state index in [1.807, 2.05) is 6.92 Å². The van der Waals surface area contributed by atoms with Gasteiger partial charge in [-0.05, 0) is 38.2 Å². The van der Waals surface area contributed by atoms with Gasteiger partial charge < -0.3 is 4.74 Å². The molecule has 16 heavy (non-hydrogen) atoms. The Labute approximate surface area is 96.2 Å². The SMILES string of the molecule is COC/C([NH2+]O)=C1\CCCC\C1=C(\C)C#N. The number of rotatable bonds is 3. The van der Waals surface area contributed by atoms with E-state index in [1.165, 1.54) is 0 Å². The molecule has 0 saturated heterocycles. The Balaban J connectivity index is 3.11. The molecule has 0 heterocycles. The van der Waals surface area contributed by atoms with Gasteiger partial charge in [-0.25, -0.2) is 5.21 Å². The maximum Gasteiger partial charge on any atom is 0.167 e. The Bertz CT molecular complexity index is 351. The summed E-state index contributed by atoms with van der Waals surface area (Å²) in [7, 11) is 1.60. The number of hydroxylamine groups is 1. The normalized spacial score (nSPS) is 22.6. The number of methoxy groups -OCH3 is 1. The predicted molar refractivity (Wildman–Crippen MR) is 59.4 cm³/mol. The number of hydrogen-bond donors (Lipinski definition) is 2. The van der Waals surface area contributed by atoms with Gasteiger partial charge in [0.05, 0.1) is 6.07 Å². The van der Waals surface area contributed by atoms with Gasteiger partial charge >= 0.3 is 0 Å². The Morgan fingerprint density at radius 1 is 1.44 bits per heavy atom. The van der Waals surface area contributed by atoms with Crippen LogP contribution in [-0.4, -0.2) is 18.9 Å². The monoisotopic (exact) mass is 223 g/mol. The Hall–Kier alpha value is -1.15. The van der Waals surface area contributed by atoms with Gasteiger partial charge in [0.1, 0.15) is 6.61 Å². The number of allylic oxidation sites excluding steroid dienone is 3. The summed E-state index contributed by atoms with van der Waals surface area (Å²) in [5, 5.41) is 18.2. The quantitative estimate of drug-likeness (QED) is 0.559. The molecule has 0 amide bonds. The largest absolute Gasteiger partial charge is 0.374 e. The van der Waals surface area contributed by atoms with Gasteiger partial charge in [0.25, 0.3) is 0 Å². The fourth-order valence-electron chi connectivity index (χ4n) is 2.10. The highest BCUT2D eigenvalue weighted by Gasteiger charge is 2.20. The van der Waals surface area contributed by atoms with Crippen LogP contribution in [0.2, 0.25) is 0 Å². The molecule has 0 aromatic rings. The van der Waals surface area contributed by atoms with Crippen molar-refractivity contribution in [1.29, 1.82) is 5.26 Å². The molecule has 1 fully saturated rings. The molecule has 3 N–H and O–H groups in total. The van der Waals surface area contributed by atoms with Gasteiger partial charge in [0.2, 0.25) is 0 Å². The second-order valence-corrected chi connectivity index (χ2v) is 3.99. The molecule has 0 unspecified atom stereocenters. The van der Waals surface area contributed by atoms with Crippen LogP contribution in [-0.2, 0) is 4.74 Å². The number of nitrogens with zero attached hydrogens (tertiary/aromatic N) is 1. The second kappa shape index (κ2) is 6.44. The number of nitrogens with two attached hydrogens (primary N) is 1. The van der Waals surface area contributed by atoms with Crippen molar-refractivity contribution in [2.45, 2.75) is 32.6 Å². The molecule has 0 radical (unpaired) electrons. The van der Waals surface area contributed by atoms with Crippen LogP contribution in [0, 0.1) is 11.3 Å². The maximum atomic E-state index is 9.21. The maximum absolute atomic E-state index is 9.21. The van der Waals surface area contributed by atoms with Crippen molar-refractivity contribution in [1.82, 2.24) is 0 Å². The molecule has 1 saturated carbocycles. The molecule has 0 aliphatic heterocycles. The first-order valence-electron chi connectivity index (χ1n) is 5.53. The van der Waals surface area contributed by atoms with Crippen LogP contribution in [0.5, 0.6) is 0 Å². The average Bonchev–Trinajstić information content (AvgIpc) is 2.35. The molecule has 4 heteroatoms. The summed E-state index contributed by atoms with van der Waals surface area (Å²) in [5.41, 5.74) is 4.84. The zero-order valence-corrected chi connectivity index (χ0v) is 9.92. The molecule has 4 nitrogen and oxygen atoms in total. The third-order valence-corrected chi connectivity index (χ3v) is 2.93. The first-order valence-corrected chi connectivity index (χ1v) is 5.53. The minimum atomic E-state index is 0.397. The van der Waals surface area contributed by atoms with Gasteiger partial charge in [-0.1, -0.05) is 0 Å². The van der Waals surface area contributed by atoms with E-state index >= 15 is 0 Å². The van der Waals surface area contributed by atoms with Crippen LogP contribution in [0.3, 0.4) is 0 Å². The zero-order chi connectivity index (χ0) is 12.0. The van der Waals surface area contributed by atoms with Gasteiger partial charge in [-0.15, -0.1) is 0 Å². The number of ether oxygens (including phenoxy) is 1. The smallest absolute Gasteiger partial charge is 0.167 e. The molecule has 1 aliphatic rings. The minimum Gasteiger partial charge on any atom is -0.374 e. The highest BCUT2D eigenvalue weighted by atomic mass is 16.5. The average molecular weight is 223 g/mol. The van der Waals surface area contributed by atoms with E-state index in [2.05, 4.69) is 6.07 Å². The molecular formula is C12H19N2O2+. The summed E-state index contributed by atoms with van der Waals surface area (Å²) in [4.78, 5) is 0. The van der Waals surface area contributed by atoms with Crippen LogP contribution in [0.15, 0.2) is 22.4 Å². The Morgan fingerprint density at radius 3 is 2.56 bits per heavy atom. The van der Waals surface area contributed by atoms with Gasteiger partial charge in [-0.2, -0.15) is 10.7 Å². The second-order valence-electron chi connectivity index (χ2n) is 3.99. The lowest BCUT2D eigenvalue weighted by Crippen LogP contribution is -2.79. The molecule has 1 rings (SSSR count). The summed E-state index contributed by atoms with van der Waals surface area (Å²) in [5.74, 6) is 0. The fraction of sp³-hybridized carbons (Fsp3) is 0.583. The summed E-state index contributed by atoms with van der Waals surface area (Å²) in [6.07, 6.45) is 4.07. The van der Waals surface area contributed by atoms with E-state index in [9.17, 15) is 5.21 Å². The summed E-state index contributed by atoms with van der Waals surface area (Å²) >= 11 is 0. The van der Waals surface area contributed by atoms with Crippen LogP contribution in [0.4, 0.5) is 0 Å². The van der Waals surface area contributed by atoms with Crippen molar-refractivity contribution in [3.8, 4) is 6.07 Å². The van der Waals surface area contributed by atoms with E-state index < -0.39 is 0 Å². The number of nitriles is 1. The zero-order valence-electron chi connectivity index (χ0n) is 9.92. The Morgan fingerprint density at radius 2 is 2.06 bits per heavy atom. The molecular weight excluding hydrogens is 204 g/mol. The topological polar surface area (TPSA) is 69.9 Å². The van der Waals surface area contributed by atoms with Crippen molar-refractivity contribution in [3.05, 3.63) is 22.4 Å². The van der Waals surface area contributed by atoms with Crippen molar-refractivity contribution >= 4 is 0 Å². The van der Waals surface area contributed by atoms with E-state index in [-0.39, 0.29) is 0 Å². The van der Waals surface area contributed by atoms with E-state index in [0.717, 1.165) is 53.6 Å². The third kappa shape index (κ3) is 2.92. The summed E-state index contributed by atoms with van der Waals surface area (Å²) in [6, 6.07) is 2.19. The summed E-state index contributed by atoms with van der Waals surface area (Å²) in [6.45, 7) is 2.23. The molecule has 0 bridgehead atoms. The van der Waals surface area contributed by atoms with E-state index in [1.54, 1.807) is 7.11 Å². The van der Waals surface area contributed by atoms with Crippen LogP contribution in [0.25, 0.3) is 0 Å². The molecule has 0 atom stereocenters. The molecule has 0 spiro atoms. The number of hydrogen-bond acceptors (Lipinski definition) is 3. The summed E-state index contributed by atoms with van der Waals surface area (Å²) < 4.78 is 5.06. The molecule has 1 aliphatic carbocycles. The Kier molecular flexibility index (Phi) is 5.20. The standard InChI is InChI=1S/C12H18N2O2/c1-9(7-13)10-5-3-4-6-11(10)12(14-15)8-16-2/h14-15H,3-6,8H2,1-2H3/p+1/b10-9+,12-11-. The predicted octanol–water partition coefficient (Wildman–Crippen LogP) is 1.25. The molecule has 88 valence electrons. The highest BCUT2D eigenvalue weighted by Crippen LogP contribution is 2.31. The minimum absolute atomic E-state index is 0.397. The molecule has 0 aromatic carbocycles. The van der Waals surface area contributed by atoms with Crippen LogP contribution < -0.4 is 5.48 Å². The van der Waals surface area contributed by atoms with Crippen LogP contribution >= 0.6 is 0 Å². The van der Waals surface area contributed by atoms with E-state index in [4.69, 9.17) is 10.00 Å². The highest BCUT2D eigenvalue weighted by molar-refractivity contribution is 5.42. The van der Waals surface area contributed by atoms with E-state index in [0.29, 0.717) is 6.61 Å². The van der Waals surface area contributed by atoms with Crippen molar-refractivity contribution in [3.63, 3.8) is 0 Å². The lowest BCUT2D eigenvalue weighted by atomic mass is 9.85. The van der Waals surface area contributed by atoms with Gasteiger partial charge in [0.15, 0.2) is 5.70 Å². The third-order valence-electron chi connectivity index (χ3n) is 2.93. The van der Waals surface area contributed by atoms with Gasteiger partial charge in [-0.3, -0.25) is 0 Å². The van der Waals surface area contributed by atoms with Gasteiger partial charge in [0, 0.05) is 18.3 Å². The number of quaternary nitrogens is 1. The van der Waals surface area contributed by atoms with Crippen molar-refractivity contribution in [2.24, 2.45) is 0 Å². The molecule has 0 aromatic heterocycles. The first kappa shape index (κ1) is 12.9. The van der Waals surface area contributed by atoms with Crippen LogP contribution in [0.1, 0.15) is 32.6 Å². The lowest BCUT2D eigenvalue weighted by molar-refractivity contribution is -0.853. The fourth-order valence-corrected chi connectivity index (χ4v) is 2.10. The van der Waals surface area contributed by atoms with Crippen molar-refractivity contribution < 1.29 is 15.4 Å². The van der Waals surface area contributed by atoms with Crippen molar-refractivity contribution in [2.75, 3.05) is 13.7 Å².